The summed E-state index contributed by atoms with van der Waals surface area (Å²) in [4.78, 5) is 72.5. The molecule has 534 valence electrons. The molecule has 0 saturated heterocycles. The number of hydrogen-bond donors (Lipinski definition) is 3. The van der Waals surface area contributed by atoms with E-state index in [1.54, 1.807) is 0 Å². The zero-order chi connectivity index (χ0) is 66.8. The van der Waals surface area contributed by atoms with Crippen LogP contribution < -0.4 is 0 Å². The molecule has 0 radical (unpaired) electrons. The summed E-state index contributed by atoms with van der Waals surface area (Å²) in [6, 6.07) is 0. The summed E-state index contributed by atoms with van der Waals surface area (Å²) in [5.41, 5.74) is 0. The van der Waals surface area contributed by atoms with E-state index in [2.05, 4.69) is 55.4 Å². The molecular weight excluding hydrogens is 1190 g/mol. The number of aliphatic hydroxyl groups excluding tert-OH is 1. The molecule has 0 aromatic heterocycles. The topological polar surface area (TPSA) is 237 Å². The third-order valence-electron chi connectivity index (χ3n) is 16.3. The van der Waals surface area contributed by atoms with E-state index in [9.17, 15) is 43.2 Å². The fourth-order valence-corrected chi connectivity index (χ4v) is 12.2. The Bertz CT molecular complexity index is 1780. The van der Waals surface area contributed by atoms with E-state index < -0.39 is 97.5 Å². The van der Waals surface area contributed by atoms with Gasteiger partial charge in [-0.15, -0.1) is 0 Å². The van der Waals surface area contributed by atoms with Gasteiger partial charge in [-0.05, 0) is 49.4 Å². The average Bonchev–Trinajstić information content (AvgIpc) is 3.05. The fraction of sp³-hybridized carbons (Fsp3) is 0.944. The molecule has 0 saturated carbocycles. The Morgan fingerprint density at radius 1 is 0.278 bits per heavy atom. The number of esters is 4. The number of phosphoric acid groups is 2. The molecule has 90 heavy (non-hydrogen) atoms. The standard InChI is InChI=1S/C71H138O17P2/c1-61(2)47-39-31-23-18-15-13-11-9-10-12-14-16-20-27-37-45-53-70(75)87-67(58-82-69(74)52-44-36-30-29-34-42-50-64(7)8)60-86-90(79,80)84-56-65(72)55-83-89(77,78)85-59-66(88-71(76)54-46-38-28-22-25-33-41-49-63(5)6)57-81-68(73)51-43-35-26-21-17-19-24-32-40-48-62(3)4/h61-67,72H,9-60H2,1-8H3,(H,77,78)(H,79,80)/t65?,66-,67-/m1/s1. The molecule has 0 aromatic carbocycles. The van der Waals surface area contributed by atoms with E-state index in [0.717, 1.165) is 108 Å². The van der Waals surface area contributed by atoms with Crippen LogP contribution in [-0.2, 0) is 65.4 Å². The minimum Gasteiger partial charge on any atom is -0.462 e. The van der Waals surface area contributed by atoms with Gasteiger partial charge in [-0.2, -0.15) is 0 Å². The van der Waals surface area contributed by atoms with E-state index in [-0.39, 0.29) is 25.7 Å². The first-order valence-electron chi connectivity index (χ1n) is 36.7. The SMILES string of the molecule is CC(C)CCCCCCCCCCCCCCCCCCC(=O)O[C@H](COC(=O)CCCCCCCCC(C)C)COP(=O)(O)OCC(O)COP(=O)(O)OC[C@@H](COC(=O)CCCCCCCCCCCC(C)C)OC(=O)CCCCCCCCCC(C)C. The third kappa shape index (κ3) is 64.8. The van der Waals surface area contributed by atoms with Gasteiger partial charge in [0.1, 0.15) is 19.3 Å². The average molecular weight is 1330 g/mol. The number of unbranched alkanes of at least 4 members (excludes halogenated alkanes) is 34. The predicted molar refractivity (Wildman–Crippen MR) is 363 cm³/mol. The molecule has 0 bridgehead atoms. The van der Waals surface area contributed by atoms with Crippen LogP contribution in [0.2, 0.25) is 0 Å². The van der Waals surface area contributed by atoms with Gasteiger partial charge in [0.2, 0.25) is 0 Å². The molecule has 0 spiro atoms. The number of ether oxygens (including phenoxy) is 4. The highest BCUT2D eigenvalue weighted by Gasteiger charge is 2.30. The number of carbonyl (C=O) groups is 4. The minimum absolute atomic E-state index is 0.103. The largest absolute Gasteiger partial charge is 0.472 e. The molecule has 0 aromatic rings. The highest BCUT2D eigenvalue weighted by molar-refractivity contribution is 7.47. The van der Waals surface area contributed by atoms with E-state index >= 15 is 0 Å². The molecule has 0 heterocycles. The Balaban J connectivity index is 5.18. The molecule has 0 amide bonds. The van der Waals surface area contributed by atoms with Gasteiger partial charge in [0.15, 0.2) is 12.2 Å². The molecule has 5 atom stereocenters. The zero-order valence-corrected chi connectivity index (χ0v) is 60.6. The Kier molecular flexibility index (Phi) is 59.4. The Labute approximate surface area is 549 Å². The van der Waals surface area contributed by atoms with E-state index in [1.807, 2.05) is 0 Å². The van der Waals surface area contributed by atoms with Gasteiger partial charge in [-0.3, -0.25) is 37.3 Å². The number of phosphoric ester groups is 2. The number of carbonyl (C=O) groups excluding carboxylic acids is 4. The van der Waals surface area contributed by atoms with Gasteiger partial charge in [0.05, 0.1) is 26.4 Å². The quantitative estimate of drug-likeness (QED) is 0.0222. The number of hydrogen-bond acceptors (Lipinski definition) is 15. The van der Waals surface area contributed by atoms with Crippen molar-refractivity contribution in [3.63, 3.8) is 0 Å². The van der Waals surface area contributed by atoms with Crippen molar-refractivity contribution >= 4 is 39.5 Å². The van der Waals surface area contributed by atoms with Crippen LogP contribution in [0.15, 0.2) is 0 Å². The van der Waals surface area contributed by atoms with Gasteiger partial charge in [0.25, 0.3) is 0 Å². The first kappa shape index (κ1) is 88.1. The number of aliphatic hydroxyl groups is 1. The van der Waals surface area contributed by atoms with Crippen molar-refractivity contribution in [2.75, 3.05) is 39.6 Å². The monoisotopic (exact) mass is 1320 g/mol. The first-order chi connectivity index (χ1) is 43.1. The third-order valence-corrected chi connectivity index (χ3v) is 18.2. The van der Waals surface area contributed by atoms with Crippen molar-refractivity contribution < 1.29 is 80.2 Å². The van der Waals surface area contributed by atoms with Crippen molar-refractivity contribution in [2.45, 2.75) is 369 Å². The second kappa shape index (κ2) is 60.7. The van der Waals surface area contributed by atoms with Crippen LogP contribution in [-0.4, -0.2) is 96.7 Å². The minimum atomic E-state index is -4.95. The van der Waals surface area contributed by atoms with Crippen molar-refractivity contribution in [1.29, 1.82) is 0 Å². The summed E-state index contributed by atoms with van der Waals surface area (Å²) in [5, 5.41) is 10.6. The van der Waals surface area contributed by atoms with Gasteiger partial charge in [0, 0.05) is 25.7 Å². The van der Waals surface area contributed by atoms with Crippen molar-refractivity contribution in [3.05, 3.63) is 0 Å². The molecule has 3 unspecified atom stereocenters. The van der Waals surface area contributed by atoms with Crippen LogP contribution in [0.3, 0.4) is 0 Å². The molecule has 0 rings (SSSR count). The van der Waals surface area contributed by atoms with Crippen LogP contribution >= 0.6 is 15.6 Å². The number of rotatable bonds is 68. The Morgan fingerprint density at radius 2 is 0.467 bits per heavy atom. The molecule has 0 aliphatic carbocycles. The molecule has 19 heteroatoms. The van der Waals surface area contributed by atoms with Crippen LogP contribution in [0.5, 0.6) is 0 Å². The predicted octanol–water partition coefficient (Wildman–Crippen LogP) is 20.1. The summed E-state index contributed by atoms with van der Waals surface area (Å²) in [6.45, 7) is 14.0. The van der Waals surface area contributed by atoms with Crippen molar-refractivity contribution in [2.24, 2.45) is 23.7 Å². The van der Waals surface area contributed by atoms with Gasteiger partial charge in [-0.25, -0.2) is 9.13 Å². The van der Waals surface area contributed by atoms with Crippen LogP contribution in [0, 0.1) is 23.7 Å². The Morgan fingerprint density at radius 3 is 0.689 bits per heavy atom. The smallest absolute Gasteiger partial charge is 0.462 e. The lowest BCUT2D eigenvalue weighted by Gasteiger charge is -2.21. The normalized spacial score (nSPS) is 14.3. The van der Waals surface area contributed by atoms with Crippen LogP contribution in [0.25, 0.3) is 0 Å². The second-order valence-electron chi connectivity index (χ2n) is 27.5. The highest BCUT2D eigenvalue weighted by atomic mass is 31.2. The molecule has 17 nitrogen and oxygen atoms in total. The summed E-state index contributed by atoms with van der Waals surface area (Å²) in [7, 11) is -9.90. The lowest BCUT2D eigenvalue weighted by Crippen LogP contribution is -2.30. The maximum atomic E-state index is 13.0. The molecule has 0 aliphatic heterocycles. The van der Waals surface area contributed by atoms with Crippen LogP contribution in [0.1, 0.15) is 351 Å². The molecule has 3 N–H and O–H groups in total. The van der Waals surface area contributed by atoms with E-state index in [1.165, 1.54) is 148 Å². The van der Waals surface area contributed by atoms with E-state index in [4.69, 9.17) is 37.0 Å². The maximum absolute atomic E-state index is 13.0. The summed E-state index contributed by atoms with van der Waals surface area (Å²) in [6.07, 6.45) is 43.4. The Hall–Kier alpha value is -1.94. The fourth-order valence-electron chi connectivity index (χ4n) is 10.7. The van der Waals surface area contributed by atoms with Crippen molar-refractivity contribution in [1.82, 2.24) is 0 Å². The second-order valence-corrected chi connectivity index (χ2v) is 30.4. The summed E-state index contributed by atoms with van der Waals surface area (Å²) in [5.74, 6) is 0.796. The molecule has 0 fully saturated rings. The first-order valence-corrected chi connectivity index (χ1v) is 39.7. The molecule has 0 aliphatic rings. The summed E-state index contributed by atoms with van der Waals surface area (Å²) < 4.78 is 68.2. The van der Waals surface area contributed by atoms with Gasteiger partial charge in [-0.1, -0.05) is 299 Å². The lowest BCUT2D eigenvalue weighted by atomic mass is 10.0. The van der Waals surface area contributed by atoms with Gasteiger partial charge < -0.3 is 33.8 Å². The zero-order valence-electron chi connectivity index (χ0n) is 58.8. The lowest BCUT2D eigenvalue weighted by molar-refractivity contribution is -0.161. The highest BCUT2D eigenvalue weighted by Crippen LogP contribution is 2.45. The van der Waals surface area contributed by atoms with E-state index in [0.29, 0.717) is 37.5 Å². The summed E-state index contributed by atoms with van der Waals surface area (Å²) >= 11 is 0. The maximum Gasteiger partial charge on any atom is 0.472 e. The van der Waals surface area contributed by atoms with Gasteiger partial charge >= 0.3 is 39.5 Å². The molecular formula is C71H138O17P2. The van der Waals surface area contributed by atoms with Crippen molar-refractivity contribution in [3.8, 4) is 0 Å². The van der Waals surface area contributed by atoms with Crippen LogP contribution in [0.4, 0.5) is 0 Å².